The lowest BCUT2D eigenvalue weighted by atomic mass is 10.0. The maximum Gasteiger partial charge on any atom is 0.307 e. The van der Waals surface area contributed by atoms with Crippen LogP contribution in [0, 0.1) is 0 Å². The second-order valence-electron chi connectivity index (χ2n) is 3.26. The summed E-state index contributed by atoms with van der Waals surface area (Å²) in [6.07, 6.45) is 4.10. The van der Waals surface area contributed by atoms with Gasteiger partial charge in [0.1, 0.15) is 0 Å². The van der Waals surface area contributed by atoms with E-state index >= 15 is 0 Å². The summed E-state index contributed by atoms with van der Waals surface area (Å²) in [4.78, 5) is 12.5. The Morgan fingerprint density at radius 1 is 1.58 bits per heavy atom. The van der Waals surface area contributed by atoms with Gasteiger partial charge in [0.25, 0.3) is 0 Å². The van der Waals surface area contributed by atoms with Gasteiger partial charge in [0, 0.05) is 13.1 Å². The number of likely N-dealkylation sites (tertiary alicyclic amines) is 1. The molecule has 0 amide bonds. The maximum absolute atomic E-state index is 10.3. The fourth-order valence-electron chi connectivity index (χ4n) is 1.34. The zero-order valence-corrected chi connectivity index (χ0v) is 7.42. The molecule has 0 radical (unpaired) electrons. The molecule has 68 valence electrons. The molecule has 12 heavy (non-hydrogen) atoms. The lowest BCUT2D eigenvalue weighted by Gasteiger charge is -2.23. The smallest absolute Gasteiger partial charge is 0.307 e. The minimum Gasteiger partial charge on any atom is -0.481 e. The minimum absolute atomic E-state index is 0.180. The largest absolute Gasteiger partial charge is 0.481 e. The summed E-state index contributed by atoms with van der Waals surface area (Å²) in [7, 11) is 2.09. The quantitative estimate of drug-likeness (QED) is 0.629. The molecule has 0 aromatic rings. The molecular weight excluding hydrogens is 154 g/mol. The first-order chi connectivity index (χ1) is 5.68. The highest BCUT2D eigenvalue weighted by atomic mass is 16.4. The molecule has 0 saturated carbocycles. The van der Waals surface area contributed by atoms with Crippen LogP contribution in [0.4, 0.5) is 0 Å². The number of nitrogens with zero attached hydrogens (tertiary/aromatic N) is 1. The van der Waals surface area contributed by atoms with Gasteiger partial charge in [0.15, 0.2) is 0 Å². The van der Waals surface area contributed by atoms with Gasteiger partial charge in [-0.1, -0.05) is 11.6 Å². The van der Waals surface area contributed by atoms with E-state index in [0.717, 1.165) is 25.9 Å². The molecule has 3 heteroatoms. The van der Waals surface area contributed by atoms with E-state index < -0.39 is 5.97 Å². The Balaban J connectivity index is 2.33. The molecule has 0 aliphatic carbocycles. The normalized spacial score (nSPS) is 19.2. The Bertz CT molecular complexity index is 189. The van der Waals surface area contributed by atoms with Crippen LogP contribution >= 0.6 is 0 Å². The second-order valence-corrected chi connectivity index (χ2v) is 3.26. The van der Waals surface area contributed by atoms with Crippen LogP contribution in [0.2, 0.25) is 0 Å². The molecule has 1 aliphatic heterocycles. The third-order valence-electron chi connectivity index (χ3n) is 2.19. The Labute approximate surface area is 72.7 Å². The molecule has 1 fully saturated rings. The van der Waals surface area contributed by atoms with Gasteiger partial charge >= 0.3 is 5.97 Å². The maximum atomic E-state index is 10.3. The second kappa shape index (κ2) is 4.26. The van der Waals surface area contributed by atoms with E-state index in [2.05, 4.69) is 11.9 Å². The van der Waals surface area contributed by atoms with Crippen molar-refractivity contribution in [1.29, 1.82) is 0 Å². The van der Waals surface area contributed by atoms with Crippen LogP contribution in [0.3, 0.4) is 0 Å². The molecule has 0 bridgehead atoms. The number of piperidine rings is 1. The highest BCUT2D eigenvalue weighted by Gasteiger charge is 2.09. The first-order valence-electron chi connectivity index (χ1n) is 4.26. The average Bonchev–Trinajstić information content (AvgIpc) is 2.03. The van der Waals surface area contributed by atoms with E-state index in [-0.39, 0.29) is 6.42 Å². The first-order valence-corrected chi connectivity index (χ1v) is 4.26. The molecule has 0 unspecified atom stereocenters. The SMILES string of the molecule is CN1CCC(=CCC(=O)O)CC1. The van der Waals surface area contributed by atoms with Gasteiger partial charge in [-0.3, -0.25) is 4.79 Å². The van der Waals surface area contributed by atoms with E-state index in [9.17, 15) is 4.79 Å². The molecule has 1 rings (SSSR count). The zero-order valence-electron chi connectivity index (χ0n) is 7.42. The van der Waals surface area contributed by atoms with Crippen LogP contribution in [0.5, 0.6) is 0 Å². The summed E-state index contributed by atoms with van der Waals surface area (Å²) in [6.45, 7) is 2.12. The number of carboxylic acid groups (broad SMARTS) is 1. The summed E-state index contributed by atoms with van der Waals surface area (Å²) in [5, 5.41) is 8.44. The minimum atomic E-state index is -0.735. The van der Waals surface area contributed by atoms with Crippen LogP contribution < -0.4 is 0 Å². The topological polar surface area (TPSA) is 40.5 Å². The highest BCUT2D eigenvalue weighted by Crippen LogP contribution is 2.14. The lowest BCUT2D eigenvalue weighted by molar-refractivity contribution is -0.136. The van der Waals surface area contributed by atoms with Crippen molar-refractivity contribution >= 4 is 5.97 Å². The van der Waals surface area contributed by atoms with Crippen molar-refractivity contribution in [3.63, 3.8) is 0 Å². The van der Waals surface area contributed by atoms with Gasteiger partial charge in [0.2, 0.25) is 0 Å². The van der Waals surface area contributed by atoms with Crippen molar-refractivity contribution in [2.75, 3.05) is 20.1 Å². The third kappa shape index (κ3) is 3.05. The fourth-order valence-corrected chi connectivity index (χ4v) is 1.34. The van der Waals surface area contributed by atoms with Gasteiger partial charge in [-0.15, -0.1) is 0 Å². The molecule has 0 atom stereocenters. The Hall–Kier alpha value is -0.830. The predicted octanol–water partition coefficient (Wildman–Crippen LogP) is 1.11. The molecule has 1 heterocycles. The molecule has 0 aromatic carbocycles. The Morgan fingerprint density at radius 3 is 2.67 bits per heavy atom. The molecule has 1 aliphatic rings. The van der Waals surface area contributed by atoms with Crippen LogP contribution in [0.1, 0.15) is 19.3 Å². The number of carbonyl (C=O) groups is 1. The van der Waals surface area contributed by atoms with Crippen molar-refractivity contribution in [2.24, 2.45) is 0 Å². The van der Waals surface area contributed by atoms with E-state index in [4.69, 9.17) is 5.11 Å². The standard InChI is InChI=1S/C9H15NO2/c1-10-6-4-8(5-7-10)2-3-9(11)12/h2H,3-7H2,1H3,(H,11,12). The summed E-state index contributed by atoms with van der Waals surface area (Å²) >= 11 is 0. The first kappa shape index (κ1) is 9.26. The Morgan fingerprint density at radius 2 is 2.17 bits per heavy atom. The summed E-state index contributed by atoms with van der Waals surface area (Å²) in [5.74, 6) is -0.735. The number of hydrogen-bond donors (Lipinski definition) is 1. The van der Waals surface area contributed by atoms with Crippen LogP contribution in [0.25, 0.3) is 0 Å². The molecule has 3 nitrogen and oxygen atoms in total. The third-order valence-corrected chi connectivity index (χ3v) is 2.19. The molecule has 0 aromatic heterocycles. The van der Waals surface area contributed by atoms with Gasteiger partial charge in [-0.25, -0.2) is 0 Å². The summed E-state index contributed by atoms with van der Waals surface area (Å²) in [5.41, 5.74) is 1.30. The molecule has 0 spiro atoms. The average molecular weight is 169 g/mol. The highest BCUT2D eigenvalue weighted by molar-refractivity contribution is 5.68. The van der Waals surface area contributed by atoms with Crippen LogP contribution in [0.15, 0.2) is 11.6 Å². The van der Waals surface area contributed by atoms with Crippen LogP contribution in [-0.2, 0) is 4.79 Å². The number of rotatable bonds is 2. The lowest BCUT2D eigenvalue weighted by Crippen LogP contribution is -2.26. The number of hydrogen-bond acceptors (Lipinski definition) is 2. The van der Waals surface area contributed by atoms with E-state index in [0.29, 0.717) is 0 Å². The van der Waals surface area contributed by atoms with Crippen molar-refractivity contribution in [2.45, 2.75) is 19.3 Å². The van der Waals surface area contributed by atoms with Gasteiger partial charge in [-0.2, -0.15) is 0 Å². The van der Waals surface area contributed by atoms with Gasteiger partial charge in [-0.05, 0) is 19.9 Å². The number of aliphatic carboxylic acids is 1. The van der Waals surface area contributed by atoms with Crippen molar-refractivity contribution in [1.82, 2.24) is 4.90 Å². The van der Waals surface area contributed by atoms with Gasteiger partial charge < -0.3 is 10.0 Å². The molecular formula is C9H15NO2. The number of carboxylic acids is 1. The zero-order chi connectivity index (χ0) is 8.97. The fraction of sp³-hybridized carbons (Fsp3) is 0.667. The summed E-state index contributed by atoms with van der Waals surface area (Å²) in [6, 6.07) is 0. The van der Waals surface area contributed by atoms with Crippen LogP contribution in [-0.4, -0.2) is 36.1 Å². The van der Waals surface area contributed by atoms with Crippen molar-refractivity contribution in [3.8, 4) is 0 Å². The molecule has 1 N–H and O–H groups in total. The van der Waals surface area contributed by atoms with Crippen molar-refractivity contribution < 1.29 is 9.90 Å². The summed E-state index contributed by atoms with van der Waals surface area (Å²) < 4.78 is 0. The molecule has 1 saturated heterocycles. The van der Waals surface area contributed by atoms with E-state index in [1.165, 1.54) is 5.57 Å². The van der Waals surface area contributed by atoms with Gasteiger partial charge in [0.05, 0.1) is 6.42 Å². The monoisotopic (exact) mass is 169 g/mol. The Kier molecular flexibility index (Phi) is 3.29. The van der Waals surface area contributed by atoms with Crippen molar-refractivity contribution in [3.05, 3.63) is 11.6 Å². The van der Waals surface area contributed by atoms with E-state index in [1.807, 2.05) is 6.08 Å². The van der Waals surface area contributed by atoms with E-state index in [1.54, 1.807) is 0 Å². The predicted molar refractivity (Wildman–Crippen MR) is 47.1 cm³/mol.